The summed E-state index contributed by atoms with van der Waals surface area (Å²) in [5, 5.41) is 13.1. The highest BCUT2D eigenvalue weighted by Gasteiger charge is 2.25. The van der Waals surface area contributed by atoms with Gasteiger partial charge in [0.05, 0.1) is 17.4 Å². The van der Waals surface area contributed by atoms with Crippen molar-refractivity contribution >= 4 is 23.1 Å². The number of fused-ring (bicyclic) bond motifs is 3. The third-order valence-corrected chi connectivity index (χ3v) is 5.77. The molecule has 0 saturated heterocycles. The van der Waals surface area contributed by atoms with E-state index in [4.69, 9.17) is 17.3 Å². The number of aromatic nitrogens is 4. The number of nitrogens with two attached hydrogens (primary N) is 1. The molecule has 2 aromatic heterocycles. The van der Waals surface area contributed by atoms with Crippen LogP contribution in [0.15, 0.2) is 60.8 Å². The Kier molecular flexibility index (Phi) is 4.64. The fourth-order valence-corrected chi connectivity index (χ4v) is 4.14. The molecule has 1 aliphatic rings. The summed E-state index contributed by atoms with van der Waals surface area (Å²) in [6, 6.07) is 18.3. The third-order valence-electron chi connectivity index (χ3n) is 5.52. The van der Waals surface area contributed by atoms with Crippen molar-refractivity contribution in [3.05, 3.63) is 77.1 Å². The number of rotatable bonds is 3. The number of hydrogen-bond acceptors (Lipinski definition) is 5. The van der Waals surface area contributed by atoms with Gasteiger partial charge in [0.1, 0.15) is 5.82 Å². The third kappa shape index (κ3) is 3.39. The Morgan fingerprint density at radius 1 is 1.07 bits per heavy atom. The van der Waals surface area contributed by atoms with E-state index in [9.17, 15) is 0 Å². The van der Waals surface area contributed by atoms with E-state index in [2.05, 4.69) is 38.8 Å². The number of nitrogens with one attached hydrogen (secondary N) is 1. The molecule has 30 heavy (non-hydrogen) atoms. The molecule has 0 radical (unpaired) electrons. The van der Waals surface area contributed by atoms with E-state index in [1.54, 1.807) is 0 Å². The van der Waals surface area contributed by atoms with E-state index in [0.29, 0.717) is 5.82 Å². The van der Waals surface area contributed by atoms with Crippen LogP contribution in [0.1, 0.15) is 23.7 Å². The van der Waals surface area contributed by atoms with Crippen LogP contribution in [0.25, 0.3) is 22.4 Å². The average molecular weight is 417 g/mol. The highest BCUT2D eigenvalue weighted by molar-refractivity contribution is 6.30. The van der Waals surface area contributed by atoms with Crippen LogP contribution in [0.5, 0.6) is 0 Å². The predicted molar refractivity (Wildman–Crippen MR) is 120 cm³/mol. The van der Waals surface area contributed by atoms with Gasteiger partial charge in [0.15, 0.2) is 0 Å². The zero-order valence-electron chi connectivity index (χ0n) is 16.5. The van der Waals surface area contributed by atoms with Gasteiger partial charge in [-0.3, -0.25) is 0 Å². The number of nitrogens with zero attached hydrogens (tertiary/aromatic N) is 4. The maximum Gasteiger partial charge on any atom is 0.123 e. The van der Waals surface area contributed by atoms with E-state index in [0.717, 1.165) is 51.8 Å². The Morgan fingerprint density at radius 2 is 1.87 bits per heavy atom. The molecule has 7 heteroatoms. The maximum absolute atomic E-state index is 6.06. The monoisotopic (exact) mass is 416 g/mol. The quantitative estimate of drug-likeness (QED) is 0.485. The molecule has 1 atom stereocenters. The number of halogens is 1. The molecule has 4 aromatic rings. The second kappa shape index (κ2) is 7.46. The van der Waals surface area contributed by atoms with Gasteiger partial charge in [-0.15, -0.1) is 5.10 Å². The van der Waals surface area contributed by atoms with Crippen LogP contribution in [0.2, 0.25) is 5.02 Å². The Bertz CT molecular complexity index is 1200. The van der Waals surface area contributed by atoms with Crippen molar-refractivity contribution in [3.63, 3.8) is 0 Å². The van der Waals surface area contributed by atoms with Crippen LogP contribution in [0.4, 0.5) is 11.5 Å². The summed E-state index contributed by atoms with van der Waals surface area (Å²) in [6.07, 6.45) is 2.70. The summed E-state index contributed by atoms with van der Waals surface area (Å²) >= 11 is 6.06. The van der Waals surface area contributed by atoms with Gasteiger partial charge in [0.25, 0.3) is 0 Å². The molecule has 0 spiro atoms. The zero-order chi connectivity index (χ0) is 20.7. The minimum absolute atomic E-state index is 0.115. The highest BCUT2D eigenvalue weighted by atomic mass is 35.5. The van der Waals surface area contributed by atoms with Gasteiger partial charge >= 0.3 is 0 Å². The minimum atomic E-state index is 0.115. The van der Waals surface area contributed by atoms with E-state index in [-0.39, 0.29) is 6.04 Å². The van der Waals surface area contributed by atoms with Gasteiger partial charge in [0.2, 0.25) is 0 Å². The van der Waals surface area contributed by atoms with Crippen molar-refractivity contribution in [1.82, 2.24) is 20.0 Å². The van der Waals surface area contributed by atoms with Gasteiger partial charge < -0.3 is 11.1 Å². The summed E-state index contributed by atoms with van der Waals surface area (Å²) in [5.74, 6) is 0.515. The lowest BCUT2D eigenvalue weighted by Crippen LogP contribution is -2.12. The van der Waals surface area contributed by atoms with Crippen LogP contribution in [-0.2, 0) is 6.54 Å². The van der Waals surface area contributed by atoms with Crippen molar-refractivity contribution in [2.45, 2.75) is 25.9 Å². The molecule has 5 rings (SSSR count). The van der Waals surface area contributed by atoms with E-state index in [1.165, 1.54) is 5.56 Å². The molecular formula is C23H21ClN6. The Hall–Kier alpha value is -3.38. The molecule has 0 amide bonds. The van der Waals surface area contributed by atoms with Gasteiger partial charge in [-0.2, -0.15) is 0 Å². The summed E-state index contributed by atoms with van der Waals surface area (Å²) in [6.45, 7) is 2.79. The zero-order valence-corrected chi connectivity index (χ0v) is 17.3. The van der Waals surface area contributed by atoms with Gasteiger partial charge in [0, 0.05) is 34.6 Å². The van der Waals surface area contributed by atoms with Crippen LogP contribution < -0.4 is 11.1 Å². The fourth-order valence-electron chi connectivity index (χ4n) is 4.02. The van der Waals surface area contributed by atoms with Crippen molar-refractivity contribution < 1.29 is 0 Å². The summed E-state index contributed by atoms with van der Waals surface area (Å²) in [5.41, 5.74) is 13.3. The number of nitrogen functional groups attached to an aromatic ring is 1. The first-order valence-corrected chi connectivity index (χ1v) is 10.2. The normalized spacial score (nSPS) is 15.2. The molecule has 3 heterocycles. The van der Waals surface area contributed by atoms with Gasteiger partial charge in [-0.1, -0.05) is 28.9 Å². The molecule has 6 nitrogen and oxygen atoms in total. The van der Waals surface area contributed by atoms with E-state index in [1.807, 2.05) is 54.2 Å². The first-order valence-electron chi connectivity index (χ1n) is 9.87. The van der Waals surface area contributed by atoms with Crippen LogP contribution >= 0.6 is 11.6 Å². The number of pyridine rings is 1. The molecule has 0 aliphatic carbocycles. The summed E-state index contributed by atoms with van der Waals surface area (Å²) in [4.78, 5) is 4.25. The number of hydrogen-bond donors (Lipinski definition) is 2. The molecule has 0 fully saturated rings. The molecule has 0 saturated carbocycles. The minimum Gasteiger partial charge on any atom is -0.384 e. The first kappa shape index (κ1) is 18.6. The molecule has 3 N–H and O–H groups in total. The SMILES string of the molecule is Cc1nnn2c1-c1ccc(-c3ccc(N)nc3)cc1C(Nc1ccc(Cl)cc1)CC2. The van der Waals surface area contributed by atoms with Gasteiger partial charge in [-0.25, -0.2) is 9.67 Å². The Balaban J connectivity index is 1.62. The lowest BCUT2D eigenvalue weighted by molar-refractivity contribution is 0.539. The van der Waals surface area contributed by atoms with E-state index < -0.39 is 0 Å². The summed E-state index contributed by atoms with van der Waals surface area (Å²) in [7, 11) is 0. The molecule has 2 aromatic carbocycles. The highest BCUT2D eigenvalue weighted by Crippen LogP contribution is 2.39. The average Bonchev–Trinajstić information content (AvgIpc) is 3.05. The second-order valence-electron chi connectivity index (χ2n) is 7.51. The standard InChI is InChI=1S/C23H21ClN6/c1-14-23-19-8-2-15(16-3-9-22(25)26-13-16)12-20(19)21(10-11-30(23)29-28-14)27-18-6-4-17(24)5-7-18/h2-9,12-13,21,27H,10-11H2,1H3,(H2,25,26). The van der Waals surface area contributed by atoms with Crippen molar-refractivity contribution in [2.24, 2.45) is 0 Å². The number of benzene rings is 2. The van der Waals surface area contributed by atoms with Crippen LogP contribution in [-0.4, -0.2) is 20.0 Å². The molecular weight excluding hydrogens is 396 g/mol. The van der Waals surface area contributed by atoms with Crippen molar-refractivity contribution in [2.75, 3.05) is 11.1 Å². The predicted octanol–water partition coefficient (Wildman–Crippen LogP) is 5.11. The number of anilines is 2. The Morgan fingerprint density at radius 3 is 2.63 bits per heavy atom. The molecule has 0 bridgehead atoms. The lowest BCUT2D eigenvalue weighted by atomic mass is 9.92. The van der Waals surface area contributed by atoms with Crippen molar-refractivity contribution in [1.29, 1.82) is 0 Å². The molecule has 1 unspecified atom stereocenters. The molecule has 150 valence electrons. The first-order chi connectivity index (χ1) is 14.6. The molecule has 1 aliphatic heterocycles. The van der Waals surface area contributed by atoms with Crippen LogP contribution in [0, 0.1) is 6.92 Å². The second-order valence-corrected chi connectivity index (χ2v) is 7.95. The largest absolute Gasteiger partial charge is 0.384 e. The van der Waals surface area contributed by atoms with Gasteiger partial charge in [-0.05, 0) is 66.9 Å². The summed E-state index contributed by atoms with van der Waals surface area (Å²) < 4.78 is 2.00. The number of aryl methyl sites for hydroxylation is 2. The van der Waals surface area contributed by atoms with Crippen LogP contribution in [0.3, 0.4) is 0 Å². The fraction of sp³-hybridized carbons (Fsp3) is 0.174. The lowest BCUT2D eigenvalue weighted by Gasteiger charge is -2.21. The Labute approximate surface area is 179 Å². The van der Waals surface area contributed by atoms with Crippen molar-refractivity contribution in [3.8, 4) is 22.4 Å². The smallest absolute Gasteiger partial charge is 0.123 e. The topological polar surface area (TPSA) is 81.7 Å². The van der Waals surface area contributed by atoms with E-state index >= 15 is 0 Å². The maximum atomic E-state index is 6.06.